The summed E-state index contributed by atoms with van der Waals surface area (Å²) in [5.74, 6) is -3.59. The Balaban J connectivity index is 2.00. The molecule has 13 nitrogen and oxygen atoms in total. The second kappa shape index (κ2) is 13.2. The van der Waals surface area contributed by atoms with Gasteiger partial charge in [-0.25, -0.2) is 15.3 Å². The zero-order chi connectivity index (χ0) is 30.3. The molecule has 214 valence electrons. The maximum absolute atomic E-state index is 13.3. The number of benzene rings is 2. The normalized spacial score (nSPS) is 11.3. The summed E-state index contributed by atoms with van der Waals surface area (Å²) in [5.41, 5.74) is 7.61. The largest absolute Gasteiger partial charge is 0.481 e. The Morgan fingerprint density at radius 1 is 0.976 bits per heavy atom. The quantitative estimate of drug-likeness (QED) is 0.0789. The molecule has 0 unspecified atom stereocenters. The summed E-state index contributed by atoms with van der Waals surface area (Å²) in [4.78, 5) is 54.7. The van der Waals surface area contributed by atoms with E-state index >= 15 is 0 Å². The number of hydrogen-bond donors (Lipinski definition) is 7. The summed E-state index contributed by atoms with van der Waals surface area (Å²) in [6.45, 7) is 3.66. The molecule has 0 aliphatic carbocycles. The van der Waals surface area contributed by atoms with E-state index < -0.39 is 29.7 Å². The van der Waals surface area contributed by atoms with Crippen LogP contribution in [-0.4, -0.2) is 58.0 Å². The molecule has 0 saturated heterocycles. The second-order valence-corrected chi connectivity index (χ2v) is 9.39. The van der Waals surface area contributed by atoms with E-state index in [1.54, 1.807) is 24.3 Å². The van der Waals surface area contributed by atoms with Gasteiger partial charge < -0.3 is 26.2 Å². The highest BCUT2D eigenvalue weighted by atomic mass is 16.5. The number of nitrogens with one attached hydrogen (secondary N) is 4. The third kappa shape index (κ3) is 7.42. The van der Waals surface area contributed by atoms with Crippen molar-refractivity contribution in [1.82, 2.24) is 15.8 Å². The van der Waals surface area contributed by atoms with Gasteiger partial charge in [0, 0.05) is 28.4 Å². The molecular weight excluding hydrogens is 532 g/mol. The number of hydrogen-bond acceptors (Lipinski definition) is 8. The molecule has 41 heavy (non-hydrogen) atoms. The fraction of sp³-hybridized carbons (Fsp3) is 0.214. The zero-order valence-corrected chi connectivity index (χ0v) is 22.5. The lowest BCUT2D eigenvalue weighted by atomic mass is 9.95. The number of nitrogen functional groups attached to an aromatic ring is 1. The van der Waals surface area contributed by atoms with Gasteiger partial charge in [-0.05, 0) is 60.4 Å². The van der Waals surface area contributed by atoms with E-state index in [9.17, 15) is 24.3 Å². The van der Waals surface area contributed by atoms with Gasteiger partial charge in [0.25, 0.3) is 17.7 Å². The smallest absolute Gasteiger partial charge is 0.336 e. The zero-order valence-electron chi connectivity index (χ0n) is 22.5. The van der Waals surface area contributed by atoms with E-state index in [0.717, 1.165) is 6.07 Å². The number of carboxylic acid groups (broad SMARTS) is 1. The van der Waals surface area contributed by atoms with Crippen LogP contribution < -0.4 is 26.6 Å². The molecule has 1 heterocycles. The predicted octanol–water partition coefficient (Wildman–Crippen LogP) is 2.64. The summed E-state index contributed by atoms with van der Waals surface area (Å²) < 4.78 is 5.16. The number of nitrogens with two attached hydrogens (primary N) is 1. The van der Waals surface area contributed by atoms with Crippen molar-refractivity contribution in [3.05, 3.63) is 77.0 Å². The van der Waals surface area contributed by atoms with Crippen LogP contribution in [0.15, 0.2) is 54.6 Å². The molecule has 1 aromatic heterocycles. The Bertz CT molecular complexity index is 1490. The molecule has 0 radical (unpaired) electrons. The Kier molecular flexibility index (Phi) is 9.72. The number of nitrogens with zero attached hydrogens (tertiary/aromatic N) is 1. The van der Waals surface area contributed by atoms with Crippen molar-refractivity contribution in [3.8, 4) is 17.0 Å². The summed E-state index contributed by atoms with van der Waals surface area (Å²) >= 11 is 0. The lowest BCUT2D eigenvalue weighted by Gasteiger charge is -2.19. The first-order valence-electron chi connectivity index (χ1n) is 12.4. The van der Waals surface area contributed by atoms with Crippen LogP contribution in [0, 0.1) is 11.3 Å². The highest BCUT2D eigenvalue weighted by Crippen LogP contribution is 2.30. The van der Waals surface area contributed by atoms with Gasteiger partial charge in [0.05, 0.1) is 12.7 Å². The number of aromatic carboxylic acids is 1. The minimum atomic E-state index is -1.37. The van der Waals surface area contributed by atoms with Crippen LogP contribution in [0.2, 0.25) is 0 Å². The van der Waals surface area contributed by atoms with E-state index in [0.29, 0.717) is 11.3 Å². The molecule has 8 N–H and O–H groups in total. The van der Waals surface area contributed by atoms with Crippen molar-refractivity contribution in [2.75, 3.05) is 12.4 Å². The molecule has 3 aromatic rings. The van der Waals surface area contributed by atoms with Gasteiger partial charge in [-0.2, -0.15) is 0 Å². The molecule has 13 heteroatoms. The van der Waals surface area contributed by atoms with E-state index in [-0.39, 0.29) is 52.0 Å². The van der Waals surface area contributed by atoms with Crippen LogP contribution in [0.4, 0.5) is 5.69 Å². The number of hydroxylamine groups is 1. The molecule has 1 atom stereocenters. The van der Waals surface area contributed by atoms with Crippen LogP contribution in [-0.2, 0) is 4.79 Å². The summed E-state index contributed by atoms with van der Waals surface area (Å²) in [7, 11) is 1.36. The van der Waals surface area contributed by atoms with Crippen LogP contribution in [0.25, 0.3) is 11.1 Å². The van der Waals surface area contributed by atoms with Gasteiger partial charge in [0.1, 0.15) is 17.6 Å². The van der Waals surface area contributed by atoms with Gasteiger partial charge in [-0.3, -0.25) is 25.0 Å². The fourth-order valence-electron chi connectivity index (χ4n) is 3.99. The third-order valence-electron chi connectivity index (χ3n) is 5.99. The van der Waals surface area contributed by atoms with Gasteiger partial charge in [0.15, 0.2) is 0 Å². The average Bonchev–Trinajstić information content (AvgIpc) is 2.95. The number of rotatable bonds is 11. The van der Waals surface area contributed by atoms with Crippen molar-refractivity contribution in [1.29, 1.82) is 5.41 Å². The number of pyridine rings is 1. The molecule has 0 aliphatic rings. The van der Waals surface area contributed by atoms with Gasteiger partial charge in [0.2, 0.25) is 5.88 Å². The molecule has 0 aliphatic heterocycles. The van der Waals surface area contributed by atoms with E-state index in [2.05, 4.69) is 15.6 Å². The maximum atomic E-state index is 13.3. The highest BCUT2D eigenvalue weighted by molar-refractivity contribution is 6.10. The predicted molar refractivity (Wildman–Crippen MR) is 149 cm³/mol. The number of amidine groups is 1. The monoisotopic (exact) mass is 562 g/mol. The highest BCUT2D eigenvalue weighted by Gasteiger charge is 2.25. The topological polar surface area (TPSA) is 217 Å². The Morgan fingerprint density at radius 2 is 1.61 bits per heavy atom. The van der Waals surface area contributed by atoms with Crippen LogP contribution in [0.1, 0.15) is 57.0 Å². The second-order valence-electron chi connectivity index (χ2n) is 9.39. The number of carbonyl (C=O) groups is 4. The van der Waals surface area contributed by atoms with Crippen molar-refractivity contribution < 1.29 is 34.2 Å². The lowest BCUT2D eigenvalue weighted by molar-refractivity contribution is -0.131. The summed E-state index contributed by atoms with van der Waals surface area (Å²) in [6, 6.07) is 11.9. The Hall–Kier alpha value is -5.30. The van der Waals surface area contributed by atoms with Crippen molar-refractivity contribution >= 4 is 35.2 Å². The third-order valence-corrected chi connectivity index (χ3v) is 5.99. The average molecular weight is 563 g/mol. The van der Waals surface area contributed by atoms with Crippen molar-refractivity contribution in [2.24, 2.45) is 11.7 Å². The molecule has 0 spiro atoms. The molecule has 2 aromatic carbocycles. The number of methoxy groups -OCH3 is 1. The van der Waals surface area contributed by atoms with Crippen molar-refractivity contribution in [3.63, 3.8) is 0 Å². The van der Waals surface area contributed by atoms with Crippen molar-refractivity contribution in [2.45, 2.75) is 26.3 Å². The summed E-state index contributed by atoms with van der Waals surface area (Å²) in [6.07, 6.45) is 0.232. The number of carbonyl (C=O) groups excluding carboxylic acids is 3. The Labute approximate surface area is 235 Å². The molecule has 3 amide bonds. The molecule has 0 bridgehead atoms. The SMILES string of the molecule is COc1ccc(-c2ccc(C(=O)N[C@@H](CC(C)C)C(=O)NO)cc2C(=O)O)c(C(=O)Nc2ccc(C(=N)N)cc2)n1. The molecule has 0 fully saturated rings. The minimum absolute atomic E-state index is 0.00812. The first-order valence-corrected chi connectivity index (χ1v) is 12.4. The first kappa shape index (κ1) is 30.2. The van der Waals surface area contributed by atoms with Crippen LogP contribution in [0.3, 0.4) is 0 Å². The van der Waals surface area contributed by atoms with Crippen LogP contribution >= 0.6 is 0 Å². The van der Waals surface area contributed by atoms with Crippen LogP contribution in [0.5, 0.6) is 5.88 Å². The maximum Gasteiger partial charge on any atom is 0.336 e. The number of anilines is 1. The number of aromatic nitrogens is 1. The van der Waals surface area contributed by atoms with Gasteiger partial charge in [-0.15, -0.1) is 0 Å². The number of carboxylic acids is 1. The summed E-state index contributed by atoms with van der Waals surface area (Å²) in [5, 5.41) is 31.7. The Morgan fingerprint density at radius 3 is 2.17 bits per heavy atom. The molecule has 0 saturated carbocycles. The molecule has 3 rings (SSSR count). The van der Waals surface area contributed by atoms with E-state index in [1.165, 1.54) is 36.9 Å². The van der Waals surface area contributed by atoms with Gasteiger partial charge in [-0.1, -0.05) is 19.9 Å². The fourth-order valence-corrected chi connectivity index (χ4v) is 3.99. The number of amides is 3. The molecular formula is C28H30N6O7. The number of ether oxygens (including phenoxy) is 1. The first-order chi connectivity index (χ1) is 19.4. The standard InChI is InChI=1S/C28H30N6O7/c1-14(2)12-21(26(36)34-40)32-25(35)16-6-9-18(20(13-16)28(38)39)19-10-11-22(41-3)33-23(19)27(37)31-17-7-4-15(5-8-17)24(29)30/h4-11,13-14,21,40H,12H2,1-3H3,(H3,29,30)(H,31,37)(H,32,35)(H,34,36)(H,38,39)/t21-/m0/s1. The van der Waals surface area contributed by atoms with Gasteiger partial charge >= 0.3 is 5.97 Å². The minimum Gasteiger partial charge on any atom is -0.481 e. The van der Waals surface area contributed by atoms with E-state index in [1.807, 2.05) is 13.8 Å². The lowest BCUT2D eigenvalue weighted by Crippen LogP contribution is -2.46. The van der Waals surface area contributed by atoms with E-state index in [4.69, 9.17) is 21.1 Å².